The molecule has 0 radical (unpaired) electrons. The summed E-state index contributed by atoms with van der Waals surface area (Å²) in [5.74, 6) is 0. The molecule has 0 rings (SSSR count). The Hall–Kier alpha value is -0.0800. The predicted octanol–water partition coefficient (Wildman–Crippen LogP) is 2.69. The van der Waals surface area contributed by atoms with Crippen LogP contribution in [0, 0.1) is 5.41 Å². The Morgan fingerprint density at radius 2 is 1.71 bits per heavy atom. The normalized spacial score (nSPS) is 16.7. The largest absolute Gasteiger partial charge is 0.396 e. The molecular formula is C12H27NO. The number of hydrogen-bond donors (Lipinski definition) is 2. The molecule has 2 nitrogen and oxygen atoms in total. The third-order valence-corrected chi connectivity index (χ3v) is 3.64. The molecule has 14 heavy (non-hydrogen) atoms. The van der Waals surface area contributed by atoms with Gasteiger partial charge in [-0.3, -0.25) is 0 Å². The molecule has 0 aromatic carbocycles. The lowest BCUT2D eigenvalue weighted by Crippen LogP contribution is -2.51. The van der Waals surface area contributed by atoms with Gasteiger partial charge >= 0.3 is 0 Å². The van der Waals surface area contributed by atoms with Gasteiger partial charge in [-0.1, -0.05) is 26.7 Å². The average Bonchev–Trinajstić information content (AvgIpc) is 2.10. The highest BCUT2D eigenvalue weighted by molar-refractivity contribution is 4.95. The van der Waals surface area contributed by atoms with Crippen molar-refractivity contribution in [2.24, 2.45) is 11.1 Å². The second kappa shape index (κ2) is 5.72. The van der Waals surface area contributed by atoms with E-state index in [1.807, 2.05) is 0 Å². The third-order valence-electron chi connectivity index (χ3n) is 3.64. The van der Waals surface area contributed by atoms with Gasteiger partial charge < -0.3 is 10.8 Å². The Morgan fingerprint density at radius 1 is 1.14 bits per heavy atom. The zero-order valence-electron chi connectivity index (χ0n) is 10.3. The van der Waals surface area contributed by atoms with Gasteiger partial charge in [0.2, 0.25) is 0 Å². The van der Waals surface area contributed by atoms with Crippen LogP contribution in [-0.4, -0.2) is 17.3 Å². The standard InChI is InChI=1S/C12H27NO/c1-5-7-8-12(6-2,9-10-14)11(3,4)13/h14H,5-10,13H2,1-4H3. The van der Waals surface area contributed by atoms with Crippen molar-refractivity contribution < 1.29 is 5.11 Å². The van der Waals surface area contributed by atoms with Gasteiger partial charge in [-0.05, 0) is 38.5 Å². The van der Waals surface area contributed by atoms with Gasteiger partial charge in [-0.15, -0.1) is 0 Å². The van der Waals surface area contributed by atoms with Crippen molar-refractivity contribution in [1.82, 2.24) is 0 Å². The summed E-state index contributed by atoms with van der Waals surface area (Å²) in [6.45, 7) is 8.80. The fourth-order valence-corrected chi connectivity index (χ4v) is 2.31. The van der Waals surface area contributed by atoms with Crippen LogP contribution < -0.4 is 5.73 Å². The first-order chi connectivity index (χ1) is 6.43. The van der Waals surface area contributed by atoms with Crippen LogP contribution in [0.2, 0.25) is 0 Å². The summed E-state index contributed by atoms with van der Waals surface area (Å²) >= 11 is 0. The second-order valence-corrected chi connectivity index (χ2v) is 4.93. The zero-order valence-corrected chi connectivity index (χ0v) is 10.3. The number of aliphatic hydroxyl groups is 1. The van der Waals surface area contributed by atoms with Crippen molar-refractivity contribution in [3.63, 3.8) is 0 Å². The molecule has 0 aliphatic rings. The highest BCUT2D eigenvalue weighted by Crippen LogP contribution is 2.41. The predicted molar refractivity (Wildman–Crippen MR) is 62.2 cm³/mol. The minimum Gasteiger partial charge on any atom is -0.396 e. The Labute approximate surface area is 88.9 Å². The minimum atomic E-state index is -0.195. The van der Waals surface area contributed by atoms with E-state index in [1.165, 1.54) is 12.8 Å². The van der Waals surface area contributed by atoms with E-state index in [1.54, 1.807) is 0 Å². The summed E-state index contributed by atoms with van der Waals surface area (Å²) < 4.78 is 0. The Balaban J connectivity index is 4.60. The molecule has 0 aromatic heterocycles. The van der Waals surface area contributed by atoms with Gasteiger partial charge in [-0.2, -0.15) is 0 Å². The number of rotatable bonds is 7. The summed E-state index contributed by atoms with van der Waals surface area (Å²) in [4.78, 5) is 0. The maximum atomic E-state index is 9.14. The van der Waals surface area contributed by atoms with Crippen LogP contribution in [0.5, 0.6) is 0 Å². The molecule has 0 amide bonds. The molecule has 0 spiro atoms. The molecule has 0 saturated heterocycles. The molecule has 1 atom stereocenters. The second-order valence-electron chi connectivity index (χ2n) is 4.93. The van der Waals surface area contributed by atoms with Crippen molar-refractivity contribution in [2.75, 3.05) is 6.61 Å². The van der Waals surface area contributed by atoms with E-state index >= 15 is 0 Å². The quantitative estimate of drug-likeness (QED) is 0.665. The minimum absolute atomic E-state index is 0.109. The smallest absolute Gasteiger partial charge is 0.0437 e. The number of aliphatic hydroxyl groups excluding tert-OH is 1. The first-order valence-electron chi connectivity index (χ1n) is 5.83. The lowest BCUT2D eigenvalue weighted by Gasteiger charge is -2.44. The average molecular weight is 201 g/mol. The fourth-order valence-electron chi connectivity index (χ4n) is 2.31. The van der Waals surface area contributed by atoms with E-state index in [-0.39, 0.29) is 17.6 Å². The zero-order chi connectivity index (χ0) is 11.2. The summed E-state index contributed by atoms with van der Waals surface area (Å²) in [5.41, 5.74) is 6.16. The van der Waals surface area contributed by atoms with Gasteiger partial charge in [0, 0.05) is 12.1 Å². The third kappa shape index (κ3) is 3.25. The molecule has 86 valence electrons. The van der Waals surface area contributed by atoms with Gasteiger partial charge in [-0.25, -0.2) is 0 Å². The highest BCUT2D eigenvalue weighted by Gasteiger charge is 2.39. The van der Waals surface area contributed by atoms with E-state index in [0.717, 1.165) is 19.3 Å². The van der Waals surface area contributed by atoms with E-state index < -0.39 is 0 Å². The van der Waals surface area contributed by atoms with E-state index in [9.17, 15) is 0 Å². The van der Waals surface area contributed by atoms with Gasteiger partial charge in [0.1, 0.15) is 0 Å². The van der Waals surface area contributed by atoms with Crippen LogP contribution in [-0.2, 0) is 0 Å². The first kappa shape index (κ1) is 13.9. The first-order valence-corrected chi connectivity index (χ1v) is 5.83. The van der Waals surface area contributed by atoms with Crippen LogP contribution in [0.25, 0.3) is 0 Å². The fraction of sp³-hybridized carbons (Fsp3) is 1.00. The number of unbranched alkanes of at least 4 members (excludes halogenated alkanes) is 1. The van der Waals surface area contributed by atoms with Crippen LogP contribution in [0.4, 0.5) is 0 Å². The monoisotopic (exact) mass is 201 g/mol. The molecule has 1 unspecified atom stereocenters. The maximum Gasteiger partial charge on any atom is 0.0437 e. The van der Waals surface area contributed by atoms with Crippen molar-refractivity contribution >= 4 is 0 Å². The molecule has 0 aliphatic heterocycles. The maximum absolute atomic E-state index is 9.14. The van der Waals surface area contributed by atoms with Crippen LogP contribution in [0.15, 0.2) is 0 Å². The van der Waals surface area contributed by atoms with Gasteiger partial charge in [0.05, 0.1) is 0 Å². The molecule has 0 saturated carbocycles. The highest BCUT2D eigenvalue weighted by atomic mass is 16.3. The van der Waals surface area contributed by atoms with Crippen LogP contribution in [0.1, 0.15) is 59.8 Å². The summed E-state index contributed by atoms with van der Waals surface area (Å²) in [6.07, 6.45) is 5.41. The molecule has 0 bridgehead atoms. The summed E-state index contributed by atoms with van der Waals surface area (Å²) in [7, 11) is 0. The molecule has 0 heterocycles. The SMILES string of the molecule is CCCCC(CC)(CCO)C(C)(C)N. The number of hydrogen-bond acceptors (Lipinski definition) is 2. The van der Waals surface area contributed by atoms with Crippen molar-refractivity contribution in [3.05, 3.63) is 0 Å². The molecular weight excluding hydrogens is 174 g/mol. The van der Waals surface area contributed by atoms with Crippen LogP contribution >= 0.6 is 0 Å². The molecule has 0 fully saturated rings. The Kier molecular flexibility index (Phi) is 5.68. The van der Waals surface area contributed by atoms with E-state index in [4.69, 9.17) is 10.8 Å². The number of nitrogens with two attached hydrogens (primary N) is 1. The lowest BCUT2D eigenvalue weighted by atomic mass is 9.65. The molecule has 2 heteroatoms. The van der Waals surface area contributed by atoms with Crippen LogP contribution in [0.3, 0.4) is 0 Å². The lowest BCUT2D eigenvalue weighted by molar-refractivity contribution is 0.0813. The van der Waals surface area contributed by atoms with E-state index in [2.05, 4.69) is 27.7 Å². The molecule has 0 aromatic rings. The van der Waals surface area contributed by atoms with E-state index in [0.29, 0.717) is 0 Å². The van der Waals surface area contributed by atoms with Gasteiger partial charge in [0.25, 0.3) is 0 Å². The topological polar surface area (TPSA) is 46.2 Å². The molecule has 0 aliphatic carbocycles. The summed E-state index contributed by atoms with van der Waals surface area (Å²) in [5, 5.41) is 9.14. The summed E-state index contributed by atoms with van der Waals surface area (Å²) in [6, 6.07) is 0. The van der Waals surface area contributed by atoms with Crippen molar-refractivity contribution in [1.29, 1.82) is 0 Å². The molecule has 3 N–H and O–H groups in total. The van der Waals surface area contributed by atoms with Crippen molar-refractivity contribution in [3.8, 4) is 0 Å². The Morgan fingerprint density at radius 3 is 2.00 bits per heavy atom. The Bertz CT molecular complexity index is 151. The van der Waals surface area contributed by atoms with Gasteiger partial charge in [0.15, 0.2) is 0 Å². The van der Waals surface area contributed by atoms with Crippen molar-refractivity contribution in [2.45, 2.75) is 65.3 Å².